The number of nitro groups is 1. The zero-order chi connectivity index (χ0) is 13.1. The summed E-state index contributed by atoms with van der Waals surface area (Å²) >= 11 is 0. The first-order chi connectivity index (χ1) is 7.88. The third-order valence-corrected chi connectivity index (χ3v) is 3.22. The van der Waals surface area contributed by atoms with Crippen LogP contribution in [0, 0.1) is 22.5 Å². The third kappa shape index (κ3) is 2.93. The summed E-state index contributed by atoms with van der Waals surface area (Å²) in [6, 6.07) is 2.73. The number of phenolic OH excluding ortho intramolecular Hbond substituents is 1. The van der Waals surface area contributed by atoms with Crippen LogP contribution in [0.2, 0.25) is 0 Å². The van der Waals surface area contributed by atoms with Gasteiger partial charge in [-0.1, -0.05) is 5.92 Å². The Bertz CT molecular complexity index is 588. The first-order valence-corrected chi connectivity index (χ1v) is 5.77. The van der Waals surface area contributed by atoms with Crippen LogP contribution in [-0.4, -0.2) is 25.0 Å². The van der Waals surface area contributed by atoms with E-state index in [0.717, 1.165) is 18.2 Å². The van der Waals surface area contributed by atoms with Gasteiger partial charge in [0.25, 0.3) is 0 Å². The Morgan fingerprint density at radius 3 is 2.71 bits per heavy atom. The molecule has 0 spiro atoms. The normalized spacial score (nSPS) is 10.8. The van der Waals surface area contributed by atoms with Crippen LogP contribution < -0.4 is 4.72 Å². The standard InChI is InChI=1S/C9H8N2O5S/c1-2-5-10-17(15,16)7-3-4-9(12)8(6-7)11(13)14/h1,3-4,6,10,12H,5H2. The van der Waals surface area contributed by atoms with E-state index in [1.807, 2.05) is 4.72 Å². The van der Waals surface area contributed by atoms with Gasteiger partial charge >= 0.3 is 5.69 Å². The number of sulfonamides is 1. The molecule has 1 rings (SSSR count). The van der Waals surface area contributed by atoms with E-state index < -0.39 is 26.4 Å². The first kappa shape index (κ1) is 13.0. The number of hydrogen-bond donors (Lipinski definition) is 2. The molecule has 0 fully saturated rings. The second-order valence-corrected chi connectivity index (χ2v) is 4.70. The van der Waals surface area contributed by atoms with E-state index in [2.05, 4.69) is 5.92 Å². The van der Waals surface area contributed by atoms with E-state index >= 15 is 0 Å². The van der Waals surface area contributed by atoms with Crippen LogP contribution in [-0.2, 0) is 10.0 Å². The van der Waals surface area contributed by atoms with Gasteiger partial charge in [-0.05, 0) is 12.1 Å². The highest BCUT2D eigenvalue weighted by Crippen LogP contribution is 2.27. The topological polar surface area (TPSA) is 110 Å². The summed E-state index contributed by atoms with van der Waals surface area (Å²) in [4.78, 5) is 9.30. The van der Waals surface area contributed by atoms with Gasteiger partial charge in [-0.15, -0.1) is 6.42 Å². The molecule has 0 saturated heterocycles. The van der Waals surface area contributed by atoms with E-state index in [0.29, 0.717) is 0 Å². The van der Waals surface area contributed by atoms with Crippen LogP contribution in [0.1, 0.15) is 0 Å². The van der Waals surface area contributed by atoms with Crippen molar-refractivity contribution < 1.29 is 18.4 Å². The minimum atomic E-state index is -3.90. The van der Waals surface area contributed by atoms with Crippen molar-refractivity contribution in [3.05, 3.63) is 28.3 Å². The summed E-state index contributed by atoms with van der Waals surface area (Å²) in [5.74, 6) is 1.46. The Morgan fingerprint density at radius 1 is 1.53 bits per heavy atom. The molecule has 0 amide bonds. The van der Waals surface area contributed by atoms with Crippen molar-refractivity contribution >= 4 is 15.7 Å². The Hall–Kier alpha value is -2.11. The number of hydrogen-bond acceptors (Lipinski definition) is 5. The SMILES string of the molecule is C#CCNS(=O)(=O)c1ccc(O)c([N+](=O)[O-])c1. The van der Waals surface area contributed by atoms with E-state index in [9.17, 15) is 18.5 Å². The Labute approximate surface area is 97.3 Å². The molecule has 0 saturated carbocycles. The maximum Gasteiger partial charge on any atom is 0.312 e. The number of nitrogens with one attached hydrogen (secondary N) is 1. The molecular weight excluding hydrogens is 248 g/mol. The minimum Gasteiger partial charge on any atom is -0.502 e. The van der Waals surface area contributed by atoms with Crippen LogP contribution in [0.15, 0.2) is 23.1 Å². The van der Waals surface area contributed by atoms with Crippen molar-refractivity contribution in [2.45, 2.75) is 4.90 Å². The van der Waals surface area contributed by atoms with Crippen LogP contribution in [0.25, 0.3) is 0 Å². The zero-order valence-electron chi connectivity index (χ0n) is 8.45. The molecule has 0 radical (unpaired) electrons. The molecule has 0 bridgehead atoms. The number of aromatic hydroxyl groups is 1. The molecule has 0 aliphatic heterocycles. The van der Waals surface area contributed by atoms with Gasteiger partial charge < -0.3 is 5.11 Å². The van der Waals surface area contributed by atoms with Gasteiger partial charge in [0, 0.05) is 6.07 Å². The van der Waals surface area contributed by atoms with Crippen molar-refractivity contribution in [1.82, 2.24) is 4.72 Å². The number of phenols is 1. The number of nitro benzene ring substituents is 1. The highest BCUT2D eigenvalue weighted by atomic mass is 32.2. The van der Waals surface area contributed by atoms with E-state index in [1.54, 1.807) is 0 Å². The molecule has 2 N–H and O–H groups in total. The molecular formula is C9H8N2O5S. The fraction of sp³-hybridized carbons (Fsp3) is 0.111. The van der Waals surface area contributed by atoms with Crippen LogP contribution in [0.4, 0.5) is 5.69 Å². The van der Waals surface area contributed by atoms with Crippen molar-refractivity contribution in [3.63, 3.8) is 0 Å². The summed E-state index contributed by atoms with van der Waals surface area (Å²) in [7, 11) is -3.90. The van der Waals surface area contributed by atoms with Gasteiger partial charge in [-0.25, -0.2) is 8.42 Å². The maximum atomic E-state index is 11.6. The molecule has 1 aromatic carbocycles. The highest BCUT2D eigenvalue weighted by Gasteiger charge is 2.20. The van der Waals surface area contributed by atoms with Crippen molar-refractivity contribution in [3.8, 4) is 18.1 Å². The number of benzene rings is 1. The largest absolute Gasteiger partial charge is 0.502 e. The lowest BCUT2D eigenvalue weighted by Gasteiger charge is -2.04. The van der Waals surface area contributed by atoms with Crippen LogP contribution >= 0.6 is 0 Å². The molecule has 1 aromatic rings. The molecule has 0 aromatic heterocycles. The molecule has 7 nitrogen and oxygen atoms in total. The lowest BCUT2D eigenvalue weighted by atomic mass is 10.3. The number of nitrogens with zero attached hydrogens (tertiary/aromatic N) is 1. The maximum absolute atomic E-state index is 11.6. The predicted molar refractivity (Wildman–Crippen MR) is 58.8 cm³/mol. The van der Waals surface area contributed by atoms with Crippen LogP contribution in [0.5, 0.6) is 5.75 Å². The summed E-state index contributed by atoms with van der Waals surface area (Å²) in [6.45, 7) is -0.225. The van der Waals surface area contributed by atoms with Gasteiger partial charge in [0.15, 0.2) is 5.75 Å². The van der Waals surface area contributed by atoms with E-state index in [-0.39, 0.29) is 11.4 Å². The highest BCUT2D eigenvalue weighted by molar-refractivity contribution is 7.89. The summed E-state index contributed by atoms with van der Waals surface area (Å²) < 4.78 is 25.2. The number of rotatable bonds is 4. The second-order valence-electron chi connectivity index (χ2n) is 2.94. The molecule has 0 aliphatic rings. The average molecular weight is 256 g/mol. The molecule has 8 heteroatoms. The van der Waals surface area contributed by atoms with E-state index in [4.69, 9.17) is 11.5 Å². The van der Waals surface area contributed by atoms with E-state index in [1.165, 1.54) is 0 Å². The lowest BCUT2D eigenvalue weighted by molar-refractivity contribution is -0.386. The third-order valence-electron chi connectivity index (χ3n) is 1.82. The Morgan fingerprint density at radius 2 is 2.18 bits per heavy atom. The lowest BCUT2D eigenvalue weighted by Crippen LogP contribution is -2.23. The molecule has 90 valence electrons. The van der Waals surface area contributed by atoms with Gasteiger partial charge in [-0.3, -0.25) is 10.1 Å². The van der Waals surface area contributed by atoms with Crippen molar-refractivity contribution in [2.75, 3.05) is 6.54 Å². The minimum absolute atomic E-state index is 0.225. The first-order valence-electron chi connectivity index (χ1n) is 4.29. The summed E-state index contributed by atoms with van der Waals surface area (Å²) in [5, 5.41) is 19.7. The van der Waals surface area contributed by atoms with Crippen LogP contribution in [0.3, 0.4) is 0 Å². The average Bonchev–Trinajstić information content (AvgIpc) is 2.26. The smallest absolute Gasteiger partial charge is 0.312 e. The molecule has 0 heterocycles. The van der Waals surface area contributed by atoms with Gasteiger partial charge in [-0.2, -0.15) is 4.72 Å². The van der Waals surface area contributed by atoms with Gasteiger partial charge in [0.1, 0.15) is 0 Å². The summed E-state index contributed by atoms with van der Waals surface area (Å²) in [6.07, 6.45) is 4.89. The van der Waals surface area contributed by atoms with Gasteiger partial charge in [0.2, 0.25) is 10.0 Å². The van der Waals surface area contributed by atoms with Gasteiger partial charge in [0.05, 0.1) is 16.4 Å². The molecule has 0 unspecified atom stereocenters. The predicted octanol–water partition coefficient (Wildman–Crippen LogP) is 0.212. The molecule has 0 atom stereocenters. The summed E-state index contributed by atoms with van der Waals surface area (Å²) in [5.41, 5.74) is -0.686. The molecule has 17 heavy (non-hydrogen) atoms. The molecule has 0 aliphatic carbocycles. The zero-order valence-corrected chi connectivity index (χ0v) is 9.27. The number of terminal acetylenes is 1. The quantitative estimate of drug-likeness (QED) is 0.454. The Balaban J connectivity index is 3.21. The monoisotopic (exact) mass is 256 g/mol. The second kappa shape index (κ2) is 4.82. The Kier molecular flexibility index (Phi) is 3.67. The van der Waals surface area contributed by atoms with Crippen molar-refractivity contribution in [2.24, 2.45) is 0 Å². The fourth-order valence-electron chi connectivity index (χ4n) is 1.04. The fourth-order valence-corrected chi connectivity index (χ4v) is 1.99. The van der Waals surface area contributed by atoms with Crippen molar-refractivity contribution in [1.29, 1.82) is 0 Å².